The fourth-order valence-electron chi connectivity index (χ4n) is 2.96. The third kappa shape index (κ3) is 5.32. The second kappa shape index (κ2) is 8.70. The summed E-state index contributed by atoms with van der Waals surface area (Å²) in [7, 11) is 0. The molecule has 0 bridgehead atoms. The number of para-hydroxylation sites is 1. The molecule has 2 atom stereocenters. The Hall–Kier alpha value is -2.83. The van der Waals surface area contributed by atoms with Gasteiger partial charge in [-0.25, -0.2) is 4.79 Å². The number of ether oxygens (including phenoxy) is 1. The van der Waals surface area contributed by atoms with Crippen molar-refractivity contribution in [3.8, 4) is 5.75 Å². The summed E-state index contributed by atoms with van der Waals surface area (Å²) >= 11 is 0. The molecule has 27 heavy (non-hydrogen) atoms. The molecule has 0 amide bonds. The molecule has 0 aliphatic rings. The second-order valence-electron chi connectivity index (χ2n) is 6.70. The Morgan fingerprint density at radius 1 is 1.19 bits per heavy atom. The monoisotopic (exact) mass is 368 g/mol. The minimum Gasteiger partial charge on any atom is -0.491 e. The molecule has 0 fully saturated rings. The third-order valence-corrected chi connectivity index (χ3v) is 4.34. The van der Waals surface area contributed by atoms with Crippen LogP contribution in [0.5, 0.6) is 5.75 Å². The van der Waals surface area contributed by atoms with Crippen LogP contribution in [0.4, 0.5) is 0 Å². The van der Waals surface area contributed by atoms with Crippen LogP contribution in [0.25, 0.3) is 10.9 Å². The van der Waals surface area contributed by atoms with E-state index in [0.717, 1.165) is 28.6 Å². The summed E-state index contributed by atoms with van der Waals surface area (Å²) in [6.07, 6.45) is 0.174. The zero-order chi connectivity index (χ0) is 19.2. The van der Waals surface area contributed by atoms with Crippen LogP contribution in [-0.4, -0.2) is 46.5 Å². The van der Waals surface area contributed by atoms with E-state index < -0.39 is 12.1 Å². The first-order valence-electron chi connectivity index (χ1n) is 8.95. The number of hydrogen-bond acceptors (Lipinski definition) is 4. The Morgan fingerprint density at radius 3 is 2.70 bits per heavy atom. The number of carboxylic acids is 1. The van der Waals surface area contributed by atoms with Crippen LogP contribution in [0.1, 0.15) is 23.0 Å². The van der Waals surface area contributed by atoms with Gasteiger partial charge in [-0.1, -0.05) is 24.3 Å². The average molecular weight is 368 g/mol. The fraction of sp³-hybridized carbons (Fsp3) is 0.286. The molecule has 3 aromatic rings. The molecule has 1 aromatic heterocycles. The predicted molar refractivity (Wildman–Crippen MR) is 104 cm³/mol. The number of fused-ring (bicyclic) bond motifs is 1. The topological polar surface area (TPSA) is 94.6 Å². The largest absolute Gasteiger partial charge is 0.491 e. The highest BCUT2D eigenvalue weighted by Gasteiger charge is 2.11. The number of aromatic carboxylic acids is 1. The maximum Gasteiger partial charge on any atom is 0.352 e. The van der Waals surface area contributed by atoms with E-state index in [1.54, 1.807) is 6.07 Å². The number of aliphatic hydroxyl groups is 1. The van der Waals surface area contributed by atoms with Crippen LogP contribution in [0, 0.1) is 0 Å². The van der Waals surface area contributed by atoms with Gasteiger partial charge in [-0.2, -0.15) is 0 Å². The highest BCUT2D eigenvalue weighted by atomic mass is 16.5. The number of carboxylic acid groups (broad SMARTS) is 1. The Labute approximate surface area is 157 Å². The van der Waals surface area contributed by atoms with E-state index in [2.05, 4.69) is 17.2 Å². The molecule has 2 unspecified atom stereocenters. The Morgan fingerprint density at radius 2 is 1.96 bits per heavy atom. The standard InChI is InChI=1S/C21H24N2O4/c1-14(22-12-17(24)13-27-18-5-3-2-4-6-18)9-15-7-8-19-16(10-15)11-20(23-19)21(25)26/h2-8,10-11,14,17,22-24H,9,12-13H2,1H3,(H,25,26). The molecule has 0 saturated heterocycles. The first-order valence-corrected chi connectivity index (χ1v) is 8.95. The lowest BCUT2D eigenvalue weighted by Crippen LogP contribution is -2.37. The number of carbonyl (C=O) groups is 1. The van der Waals surface area contributed by atoms with Crippen LogP contribution in [-0.2, 0) is 6.42 Å². The molecule has 2 aromatic carbocycles. The van der Waals surface area contributed by atoms with Crippen molar-refractivity contribution >= 4 is 16.9 Å². The highest BCUT2D eigenvalue weighted by Crippen LogP contribution is 2.18. The van der Waals surface area contributed by atoms with Crippen molar-refractivity contribution in [1.29, 1.82) is 0 Å². The van der Waals surface area contributed by atoms with E-state index in [1.807, 2.05) is 48.5 Å². The predicted octanol–water partition coefficient (Wildman–Crippen LogP) is 2.83. The smallest absolute Gasteiger partial charge is 0.352 e. The van der Waals surface area contributed by atoms with Gasteiger partial charge in [0, 0.05) is 23.5 Å². The van der Waals surface area contributed by atoms with Crippen molar-refractivity contribution in [1.82, 2.24) is 10.3 Å². The zero-order valence-corrected chi connectivity index (χ0v) is 15.2. The molecule has 4 N–H and O–H groups in total. The molecule has 0 saturated carbocycles. The van der Waals surface area contributed by atoms with Gasteiger partial charge in [0.05, 0.1) is 0 Å². The maximum absolute atomic E-state index is 11.1. The number of hydrogen-bond donors (Lipinski definition) is 4. The summed E-state index contributed by atoms with van der Waals surface area (Å²) in [5, 5.41) is 23.3. The number of benzene rings is 2. The van der Waals surface area contributed by atoms with Gasteiger partial charge in [-0.05, 0) is 49.2 Å². The van der Waals surface area contributed by atoms with Gasteiger partial charge in [0.15, 0.2) is 0 Å². The lowest BCUT2D eigenvalue weighted by atomic mass is 10.1. The first kappa shape index (κ1) is 18.9. The first-order chi connectivity index (χ1) is 13.0. The maximum atomic E-state index is 11.1. The molecule has 1 heterocycles. The van der Waals surface area contributed by atoms with Gasteiger partial charge < -0.3 is 25.3 Å². The Bertz CT molecular complexity index is 892. The van der Waals surface area contributed by atoms with E-state index in [0.29, 0.717) is 6.54 Å². The summed E-state index contributed by atoms with van der Waals surface area (Å²) in [6, 6.07) is 17.1. The fourth-order valence-corrected chi connectivity index (χ4v) is 2.96. The van der Waals surface area contributed by atoms with Gasteiger partial charge >= 0.3 is 5.97 Å². The van der Waals surface area contributed by atoms with Gasteiger partial charge in [-0.15, -0.1) is 0 Å². The van der Waals surface area contributed by atoms with Crippen LogP contribution in [0.15, 0.2) is 54.6 Å². The van der Waals surface area contributed by atoms with E-state index in [1.165, 1.54) is 0 Å². The van der Waals surface area contributed by atoms with Crippen molar-refractivity contribution in [3.63, 3.8) is 0 Å². The van der Waals surface area contributed by atoms with Gasteiger partial charge in [0.2, 0.25) is 0 Å². The van der Waals surface area contributed by atoms with Crippen molar-refractivity contribution in [2.45, 2.75) is 25.5 Å². The van der Waals surface area contributed by atoms with Crippen LogP contribution in [0.3, 0.4) is 0 Å². The van der Waals surface area contributed by atoms with E-state index >= 15 is 0 Å². The van der Waals surface area contributed by atoms with Crippen molar-refractivity contribution < 1.29 is 19.7 Å². The normalized spacial score (nSPS) is 13.4. The molecular weight excluding hydrogens is 344 g/mol. The van der Waals surface area contributed by atoms with Crippen LogP contribution in [0.2, 0.25) is 0 Å². The summed E-state index contributed by atoms with van der Waals surface area (Å²) in [5.74, 6) is -0.223. The van der Waals surface area contributed by atoms with E-state index in [-0.39, 0.29) is 18.3 Å². The van der Waals surface area contributed by atoms with Crippen molar-refractivity contribution in [2.24, 2.45) is 0 Å². The molecule has 6 nitrogen and oxygen atoms in total. The van der Waals surface area contributed by atoms with Gasteiger partial charge in [-0.3, -0.25) is 0 Å². The number of aromatic nitrogens is 1. The molecule has 3 rings (SSSR count). The molecule has 142 valence electrons. The van der Waals surface area contributed by atoms with Crippen LogP contribution < -0.4 is 10.1 Å². The minimum atomic E-state index is -0.963. The lowest BCUT2D eigenvalue weighted by Gasteiger charge is -2.18. The summed E-state index contributed by atoms with van der Waals surface area (Å²) < 4.78 is 5.55. The van der Waals surface area contributed by atoms with Crippen LogP contribution >= 0.6 is 0 Å². The van der Waals surface area contributed by atoms with Crippen molar-refractivity contribution in [2.75, 3.05) is 13.2 Å². The lowest BCUT2D eigenvalue weighted by molar-refractivity contribution is 0.0691. The molecule has 0 aliphatic heterocycles. The van der Waals surface area contributed by atoms with Crippen molar-refractivity contribution in [3.05, 3.63) is 65.9 Å². The number of nitrogens with one attached hydrogen (secondary N) is 2. The quantitative estimate of drug-likeness (QED) is 0.466. The second-order valence-corrected chi connectivity index (χ2v) is 6.70. The Balaban J connectivity index is 1.47. The number of aromatic amines is 1. The zero-order valence-electron chi connectivity index (χ0n) is 15.2. The number of rotatable bonds is 9. The third-order valence-electron chi connectivity index (χ3n) is 4.34. The minimum absolute atomic E-state index is 0.159. The SMILES string of the molecule is CC(Cc1ccc2[nH]c(C(=O)O)cc2c1)NCC(O)COc1ccccc1. The summed E-state index contributed by atoms with van der Waals surface area (Å²) in [6.45, 7) is 2.72. The highest BCUT2D eigenvalue weighted by molar-refractivity contribution is 5.93. The van der Waals surface area contributed by atoms with E-state index in [9.17, 15) is 9.90 Å². The number of aliphatic hydroxyl groups excluding tert-OH is 1. The molecular formula is C21H24N2O4. The van der Waals surface area contributed by atoms with E-state index in [4.69, 9.17) is 9.84 Å². The number of H-pyrrole nitrogens is 1. The molecule has 0 radical (unpaired) electrons. The summed E-state index contributed by atoms with van der Waals surface area (Å²) in [5.41, 5.74) is 2.11. The average Bonchev–Trinajstić information content (AvgIpc) is 3.09. The van der Waals surface area contributed by atoms with Gasteiger partial charge in [0.1, 0.15) is 24.2 Å². The Kier molecular flexibility index (Phi) is 6.11. The molecule has 0 spiro atoms. The molecule has 0 aliphatic carbocycles. The molecule has 6 heteroatoms. The summed E-state index contributed by atoms with van der Waals surface area (Å²) in [4.78, 5) is 13.9. The van der Waals surface area contributed by atoms with Gasteiger partial charge in [0.25, 0.3) is 0 Å².